The Balaban J connectivity index is 1.77. The molecule has 0 radical (unpaired) electrons. The van der Waals surface area contributed by atoms with E-state index in [4.69, 9.17) is 0 Å². The van der Waals surface area contributed by atoms with Crippen LogP contribution in [0.4, 0.5) is 0 Å². The fraction of sp³-hybridized carbons (Fsp3) is 0.375. The Morgan fingerprint density at radius 3 is 2.50 bits per heavy atom. The summed E-state index contributed by atoms with van der Waals surface area (Å²) in [5.74, 6) is -0.526. The normalized spacial score (nSPS) is 23.2. The summed E-state index contributed by atoms with van der Waals surface area (Å²) in [6.45, 7) is 1.94. The van der Waals surface area contributed by atoms with E-state index in [-0.39, 0.29) is 17.7 Å². The molecule has 0 aliphatic carbocycles. The Morgan fingerprint density at radius 2 is 1.85 bits per heavy atom. The summed E-state index contributed by atoms with van der Waals surface area (Å²) in [6.07, 6.45) is 4.29. The van der Waals surface area contributed by atoms with Crippen LogP contribution in [0.5, 0.6) is 0 Å². The van der Waals surface area contributed by atoms with Crippen LogP contribution >= 0.6 is 0 Å². The third-order valence-electron chi connectivity index (χ3n) is 3.99. The molecule has 1 aromatic rings. The molecule has 2 N–H and O–H groups in total. The highest BCUT2D eigenvalue weighted by molar-refractivity contribution is 6.00. The van der Waals surface area contributed by atoms with E-state index in [2.05, 4.69) is 28.8 Å². The summed E-state index contributed by atoms with van der Waals surface area (Å²) in [7, 11) is 0. The highest BCUT2D eigenvalue weighted by Gasteiger charge is 2.27. The van der Waals surface area contributed by atoms with Gasteiger partial charge in [-0.2, -0.15) is 0 Å². The Hall–Kier alpha value is -1.94. The van der Waals surface area contributed by atoms with Gasteiger partial charge in [-0.1, -0.05) is 30.3 Å². The number of imide groups is 1. The molecule has 2 amide bonds. The molecule has 3 rings (SSSR count). The first-order chi connectivity index (χ1) is 9.74. The Kier molecular flexibility index (Phi) is 3.65. The number of carbonyl (C=O) groups is 2. The first kappa shape index (κ1) is 13.1. The molecule has 1 saturated heterocycles. The fourth-order valence-electron chi connectivity index (χ4n) is 2.83. The highest BCUT2D eigenvalue weighted by Crippen LogP contribution is 2.27. The lowest BCUT2D eigenvalue weighted by Gasteiger charge is -2.21. The molecule has 2 heterocycles. The number of hydrogen-bond donors (Lipinski definition) is 2. The average Bonchev–Trinajstić information content (AvgIpc) is 2.48. The van der Waals surface area contributed by atoms with Gasteiger partial charge in [0.2, 0.25) is 11.8 Å². The molecule has 1 aromatic carbocycles. The van der Waals surface area contributed by atoms with E-state index < -0.39 is 0 Å². The van der Waals surface area contributed by atoms with Crippen LogP contribution in [0.25, 0.3) is 5.57 Å². The molecule has 4 nitrogen and oxygen atoms in total. The van der Waals surface area contributed by atoms with Crippen molar-refractivity contribution in [1.29, 1.82) is 0 Å². The van der Waals surface area contributed by atoms with Gasteiger partial charge in [-0.15, -0.1) is 0 Å². The minimum absolute atomic E-state index is 0.164. The molecule has 20 heavy (non-hydrogen) atoms. The van der Waals surface area contributed by atoms with Crippen molar-refractivity contribution in [3.05, 3.63) is 41.5 Å². The summed E-state index contributed by atoms with van der Waals surface area (Å²) in [6, 6.07) is 8.18. The molecule has 4 heteroatoms. The van der Waals surface area contributed by atoms with Crippen LogP contribution in [0, 0.1) is 0 Å². The van der Waals surface area contributed by atoms with Gasteiger partial charge in [-0.25, -0.2) is 0 Å². The summed E-state index contributed by atoms with van der Waals surface area (Å²) in [5, 5.41) is 5.70. The maximum Gasteiger partial charge on any atom is 0.234 e. The van der Waals surface area contributed by atoms with Crippen molar-refractivity contribution in [3.63, 3.8) is 0 Å². The maximum atomic E-state index is 11.8. The zero-order chi connectivity index (χ0) is 13.9. The summed E-state index contributed by atoms with van der Waals surface area (Å²) in [4.78, 5) is 23.0. The number of carbonyl (C=O) groups excluding carboxylic acids is 2. The second-order valence-electron chi connectivity index (χ2n) is 5.31. The van der Waals surface area contributed by atoms with Gasteiger partial charge in [0.1, 0.15) is 0 Å². The van der Waals surface area contributed by atoms with Crippen LogP contribution in [0.15, 0.2) is 30.3 Å². The van der Waals surface area contributed by atoms with Crippen molar-refractivity contribution in [3.8, 4) is 0 Å². The lowest BCUT2D eigenvalue weighted by atomic mass is 9.89. The van der Waals surface area contributed by atoms with Gasteiger partial charge >= 0.3 is 0 Å². The Bertz CT molecular complexity index is 560. The van der Waals surface area contributed by atoms with Crippen LogP contribution < -0.4 is 10.6 Å². The lowest BCUT2D eigenvalue weighted by molar-refractivity contribution is -0.134. The van der Waals surface area contributed by atoms with Gasteiger partial charge in [0, 0.05) is 13.0 Å². The summed E-state index contributed by atoms with van der Waals surface area (Å²) in [5.41, 5.74) is 3.58. The van der Waals surface area contributed by atoms with Gasteiger partial charge < -0.3 is 5.32 Å². The molecule has 0 bridgehead atoms. The van der Waals surface area contributed by atoms with E-state index in [1.165, 1.54) is 11.1 Å². The van der Waals surface area contributed by atoms with Crippen molar-refractivity contribution in [2.45, 2.75) is 25.2 Å². The maximum absolute atomic E-state index is 11.8. The van der Waals surface area contributed by atoms with Crippen molar-refractivity contribution >= 4 is 17.4 Å². The third-order valence-corrected chi connectivity index (χ3v) is 3.99. The van der Waals surface area contributed by atoms with E-state index >= 15 is 0 Å². The van der Waals surface area contributed by atoms with E-state index in [0.29, 0.717) is 12.8 Å². The Labute approximate surface area is 118 Å². The van der Waals surface area contributed by atoms with Gasteiger partial charge in [-0.3, -0.25) is 14.9 Å². The molecule has 1 fully saturated rings. The number of piperidine rings is 1. The number of benzene rings is 1. The predicted molar refractivity (Wildman–Crippen MR) is 77.0 cm³/mol. The van der Waals surface area contributed by atoms with Gasteiger partial charge in [0.05, 0.1) is 5.92 Å². The number of amides is 2. The first-order valence-corrected chi connectivity index (χ1v) is 7.08. The number of hydrogen-bond acceptors (Lipinski definition) is 3. The molecular weight excluding hydrogens is 252 g/mol. The quantitative estimate of drug-likeness (QED) is 0.802. The topological polar surface area (TPSA) is 58.2 Å². The van der Waals surface area contributed by atoms with E-state index in [1.807, 2.05) is 12.1 Å². The molecule has 0 saturated carbocycles. The molecular formula is C16H18N2O2. The van der Waals surface area contributed by atoms with Gasteiger partial charge in [0.15, 0.2) is 0 Å². The molecule has 2 aliphatic rings. The van der Waals surface area contributed by atoms with Crippen molar-refractivity contribution in [2.24, 2.45) is 0 Å². The second kappa shape index (κ2) is 5.59. The molecule has 2 aliphatic heterocycles. The molecule has 1 atom stereocenters. The number of nitrogens with one attached hydrogen (secondary N) is 2. The number of rotatable bonds is 2. The predicted octanol–water partition coefficient (Wildman–Crippen LogP) is 1.58. The standard InChI is InChI=1S/C16H18N2O2/c19-15-6-5-14(16(20)18-15)13-3-1-11(2-4-13)12-7-9-17-10-8-12/h1-4,7,14,17H,5-6,8-10H2,(H,18,19,20). The van der Waals surface area contributed by atoms with E-state index in [1.54, 1.807) is 0 Å². The second-order valence-corrected chi connectivity index (χ2v) is 5.31. The van der Waals surface area contributed by atoms with Crippen LogP contribution in [0.3, 0.4) is 0 Å². The van der Waals surface area contributed by atoms with Crippen molar-refractivity contribution in [2.75, 3.05) is 13.1 Å². The molecule has 1 unspecified atom stereocenters. The monoisotopic (exact) mass is 270 g/mol. The first-order valence-electron chi connectivity index (χ1n) is 7.08. The van der Waals surface area contributed by atoms with E-state index in [0.717, 1.165) is 25.1 Å². The van der Waals surface area contributed by atoms with E-state index in [9.17, 15) is 9.59 Å². The van der Waals surface area contributed by atoms with Gasteiger partial charge in [0.25, 0.3) is 0 Å². The summed E-state index contributed by atoms with van der Waals surface area (Å²) >= 11 is 0. The third kappa shape index (κ3) is 2.65. The zero-order valence-corrected chi connectivity index (χ0v) is 11.3. The summed E-state index contributed by atoms with van der Waals surface area (Å²) < 4.78 is 0. The van der Waals surface area contributed by atoms with Crippen LogP contribution in [0.2, 0.25) is 0 Å². The lowest BCUT2D eigenvalue weighted by Crippen LogP contribution is -2.39. The average molecular weight is 270 g/mol. The van der Waals surface area contributed by atoms with Crippen LogP contribution in [-0.2, 0) is 9.59 Å². The minimum Gasteiger partial charge on any atom is -0.313 e. The zero-order valence-electron chi connectivity index (χ0n) is 11.3. The van der Waals surface area contributed by atoms with Gasteiger partial charge in [-0.05, 0) is 36.1 Å². The highest BCUT2D eigenvalue weighted by atomic mass is 16.2. The largest absolute Gasteiger partial charge is 0.313 e. The van der Waals surface area contributed by atoms with Crippen molar-refractivity contribution in [1.82, 2.24) is 10.6 Å². The van der Waals surface area contributed by atoms with Crippen LogP contribution in [-0.4, -0.2) is 24.9 Å². The smallest absolute Gasteiger partial charge is 0.234 e. The molecule has 0 spiro atoms. The minimum atomic E-state index is -0.191. The van der Waals surface area contributed by atoms with Crippen LogP contribution in [0.1, 0.15) is 36.3 Å². The molecule has 104 valence electrons. The fourth-order valence-corrected chi connectivity index (χ4v) is 2.83. The SMILES string of the molecule is O=C1CCC(c2ccc(C3=CCNCC3)cc2)C(=O)N1. The Morgan fingerprint density at radius 1 is 1.05 bits per heavy atom. The van der Waals surface area contributed by atoms with Crippen molar-refractivity contribution < 1.29 is 9.59 Å². The molecule has 0 aromatic heterocycles.